The van der Waals surface area contributed by atoms with Crippen LogP contribution < -0.4 is 5.32 Å². The highest BCUT2D eigenvalue weighted by Crippen LogP contribution is 2.23. The predicted molar refractivity (Wildman–Crippen MR) is 63.0 cm³/mol. The van der Waals surface area contributed by atoms with Crippen LogP contribution >= 0.6 is 0 Å². The first-order valence-corrected chi connectivity index (χ1v) is 5.58. The van der Waals surface area contributed by atoms with Crippen LogP contribution in [0.3, 0.4) is 0 Å². The van der Waals surface area contributed by atoms with Crippen molar-refractivity contribution in [3.63, 3.8) is 0 Å². The van der Waals surface area contributed by atoms with E-state index in [1.54, 1.807) is 12.1 Å². The molecule has 0 radical (unpaired) electrons. The second-order valence-electron chi connectivity index (χ2n) is 3.97. The predicted octanol–water partition coefficient (Wildman–Crippen LogP) is 3.11. The molecule has 1 aromatic carbocycles. The first-order valence-electron chi connectivity index (χ1n) is 5.58. The van der Waals surface area contributed by atoms with Gasteiger partial charge in [0.2, 0.25) is 0 Å². The molecule has 86 valence electrons. The van der Waals surface area contributed by atoms with Crippen molar-refractivity contribution in [2.45, 2.75) is 25.8 Å². The number of halogens is 1. The van der Waals surface area contributed by atoms with Crippen LogP contribution in [0.25, 0.3) is 11.0 Å². The summed E-state index contributed by atoms with van der Waals surface area (Å²) in [6.07, 6.45) is 3.21. The van der Waals surface area contributed by atoms with Gasteiger partial charge in [-0.2, -0.15) is 0 Å². The van der Waals surface area contributed by atoms with Gasteiger partial charge in [0.05, 0.1) is 11.6 Å². The summed E-state index contributed by atoms with van der Waals surface area (Å²) in [4.78, 5) is 0. The van der Waals surface area contributed by atoms with Crippen LogP contribution in [0.1, 0.15) is 18.9 Å². The van der Waals surface area contributed by atoms with Gasteiger partial charge < -0.3 is 9.73 Å². The summed E-state index contributed by atoms with van der Waals surface area (Å²) < 4.78 is 19.2. The largest absolute Gasteiger partial charge is 0.464 e. The summed E-state index contributed by atoms with van der Waals surface area (Å²) in [6.45, 7) is 2.09. The molecule has 0 aliphatic carbocycles. The van der Waals surface area contributed by atoms with Gasteiger partial charge in [-0.3, -0.25) is 0 Å². The molecule has 16 heavy (non-hydrogen) atoms. The lowest BCUT2D eigenvalue weighted by Crippen LogP contribution is -2.26. The van der Waals surface area contributed by atoms with E-state index in [1.165, 1.54) is 6.26 Å². The Morgan fingerprint density at radius 1 is 1.38 bits per heavy atom. The Kier molecular flexibility index (Phi) is 3.25. The Morgan fingerprint density at radius 2 is 2.19 bits per heavy atom. The van der Waals surface area contributed by atoms with Gasteiger partial charge in [0, 0.05) is 6.04 Å². The second-order valence-corrected chi connectivity index (χ2v) is 3.97. The molecule has 0 amide bonds. The molecule has 2 nitrogen and oxygen atoms in total. The number of nitrogens with one attached hydrogen (secondary N) is 1. The summed E-state index contributed by atoms with van der Waals surface area (Å²) >= 11 is 0. The van der Waals surface area contributed by atoms with Crippen molar-refractivity contribution in [1.82, 2.24) is 5.32 Å². The first-order chi connectivity index (χ1) is 7.76. The van der Waals surface area contributed by atoms with E-state index in [-0.39, 0.29) is 5.82 Å². The molecular formula is C13H16FNO. The average Bonchev–Trinajstić information content (AvgIpc) is 2.77. The molecule has 1 aromatic heterocycles. The molecule has 1 heterocycles. The molecule has 0 saturated carbocycles. The molecule has 0 fully saturated rings. The van der Waals surface area contributed by atoms with Crippen molar-refractivity contribution in [2.24, 2.45) is 0 Å². The van der Waals surface area contributed by atoms with Crippen molar-refractivity contribution < 1.29 is 8.81 Å². The normalized spacial score (nSPS) is 13.2. The summed E-state index contributed by atoms with van der Waals surface area (Å²) in [5.74, 6) is -0.153. The van der Waals surface area contributed by atoms with Crippen LogP contribution in [-0.2, 0) is 6.42 Å². The Hall–Kier alpha value is -1.35. The molecule has 0 aliphatic rings. The summed E-state index contributed by atoms with van der Waals surface area (Å²) in [7, 11) is 1.91. The molecule has 0 spiro atoms. The van der Waals surface area contributed by atoms with E-state index in [0.717, 1.165) is 12.0 Å². The molecule has 2 aromatic rings. The Morgan fingerprint density at radius 3 is 2.88 bits per heavy atom. The first kappa shape index (κ1) is 11.1. The maximum atomic E-state index is 14.0. The van der Waals surface area contributed by atoms with Gasteiger partial charge in [-0.15, -0.1) is 0 Å². The van der Waals surface area contributed by atoms with Gasteiger partial charge in [-0.1, -0.05) is 13.0 Å². The number of benzene rings is 1. The molecule has 1 N–H and O–H groups in total. The van der Waals surface area contributed by atoms with Crippen molar-refractivity contribution in [1.29, 1.82) is 0 Å². The summed E-state index contributed by atoms with van der Waals surface area (Å²) in [5.41, 5.74) is 1.36. The van der Waals surface area contributed by atoms with Crippen LogP contribution in [0.5, 0.6) is 0 Å². The lowest BCUT2D eigenvalue weighted by Gasteiger charge is -2.14. The van der Waals surface area contributed by atoms with Gasteiger partial charge in [-0.05, 0) is 37.6 Å². The van der Waals surface area contributed by atoms with Crippen molar-refractivity contribution >= 4 is 11.0 Å². The molecule has 1 atom stereocenters. The zero-order chi connectivity index (χ0) is 11.5. The zero-order valence-electron chi connectivity index (χ0n) is 9.59. The second kappa shape index (κ2) is 4.66. The van der Waals surface area contributed by atoms with Crippen LogP contribution in [0.15, 0.2) is 28.9 Å². The molecule has 2 rings (SSSR count). The minimum Gasteiger partial charge on any atom is -0.464 e. The molecule has 1 unspecified atom stereocenters. The quantitative estimate of drug-likeness (QED) is 0.858. The standard InChI is InChI=1S/C13H16FNO/c1-3-10(15-2)8-9-4-5-12-11(13(9)14)6-7-16-12/h4-7,10,15H,3,8H2,1-2H3. The highest BCUT2D eigenvalue weighted by molar-refractivity contribution is 5.78. The minimum absolute atomic E-state index is 0.153. The fraction of sp³-hybridized carbons (Fsp3) is 0.385. The third-order valence-corrected chi connectivity index (χ3v) is 3.02. The van der Waals surface area contributed by atoms with E-state index in [4.69, 9.17) is 4.42 Å². The Bertz CT molecular complexity index is 474. The van der Waals surface area contributed by atoms with Crippen LogP contribution in [0.4, 0.5) is 4.39 Å². The van der Waals surface area contributed by atoms with Gasteiger partial charge in [0.15, 0.2) is 0 Å². The van der Waals surface area contributed by atoms with Crippen molar-refractivity contribution in [2.75, 3.05) is 7.05 Å². The third-order valence-electron chi connectivity index (χ3n) is 3.02. The van der Waals surface area contributed by atoms with E-state index in [2.05, 4.69) is 12.2 Å². The topological polar surface area (TPSA) is 25.2 Å². The minimum atomic E-state index is -0.153. The number of likely N-dealkylation sites (N-methyl/N-ethyl adjacent to an activating group) is 1. The van der Waals surface area contributed by atoms with Gasteiger partial charge in [-0.25, -0.2) is 4.39 Å². The van der Waals surface area contributed by atoms with Crippen LogP contribution in [0.2, 0.25) is 0 Å². The van der Waals surface area contributed by atoms with E-state index >= 15 is 0 Å². The van der Waals surface area contributed by atoms with E-state index in [0.29, 0.717) is 23.4 Å². The molecule has 0 aliphatic heterocycles. The number of hydrogen-bond donors (Lipinski definition) is 1. The van der Waals surface area contributed by atoms with Gasteiger partial charge in [0.25, 0.3) is 0 Å². The fourth-order valence-corrected chi connectivity index (χ4v) is 1.93. The van der Waals surface area contributed by atoms with E-state index in [9.17, 15) is 4.39 Å². The third kappa shape index (κ3) is 1.95. The van der Waals surface area contributed by atoms with E-state index < -0.39 is 0 Å². The molecular weight excluding hydrogens is 205 g/mol. The highest BCUT2D eigenvalue weighted by Gasteiger charge is 2.12. The Balaban J connectivity index is 2.33. The monoisotopic (exact) mass is 221 g/mol. The lowest BCUT2D eigenvalue weighted by atomic mass is 10.0. The average molecular weight is 221 g/mol. The maximum absolute atomic E-state index is 14.0. The van der Waals surface area contributed by atoms with E-state index in [1.807, 2.05) is 13.1 Å². The molecule has 0 bridgehead atoms. The van der Waals surface area contributed by atoms with Gasteiger partial charge >= 0.3 is 0 Å². The number of fused-ring (bicyclic) bond motifs is 1. The Labute approximate surface area is 94.4 Å². The number of furan rings is 1. The number of hydrogen-bond acceptors (Lipinski definition) is 2. The summed E-state index contributed by atoms with van der Waals surface area (Å²) in [5, 5.41) is 3.75. The number of rotatable bonds is 4. The molecule has 3 heteroatoms. The smallest absolute Gasteiger partial charge is 0.137 e. The lowest BCUT2D eigenvalue weighted by molar-refractivity contribution is 0.524. The molecule has 0 saturated heterocycles. The zero-order valence-corrected chi connectivity index (χ0v) is 9.59. The maximum Gasteiger partial charge on any atom is 0.137 e. The van der Waals surface area contributed by atoms with Crippen LogP contribution in [0, 0.1) is 5.82 Å². The highest BCUT2D eigenvalue weighted by atomic mass is 19.1. The van der Waals surface area contributed by atoms with Crippen molar-refractivity contribution in [3.8, 4) is 0 Å². The fourth-order valence-electron chi connectivity index (χ4n) is 1.93. The SMILES string of the molecule is CCC(Cc1ccc2occc2c1F)NC. The van der Waals surface area contributed by atoms with Crippen LogP contribution in [-0.4, -0.2) is 13.1 Å². The van der Waals surface area contributed by atoms with Crippen molar-refractivity contribution in [3.05, 3.63) is 35.8 Å². The van der Waals surface area contributed by atoms with Gasteiger partial charge in [0.1, 0.15) is 11.4 Å². The summed E-state index contributed by atoms with van der Waals surface area (Å²) in [6, 6.07) is 5.63.